The van der Waals surface area contributed by atoms with E-state index < -0.39 is 22.7 Å². The molecule has 7 nitrogen and oxygen atoms in total. The molecule has 0 aromatic heterocycles. The molecule has 0 saturated carbocycles. The first-order chi connectivity index (χ1) is 18.3. The maximum Gasteiger partial charge on any atom is 0.407 e. The second-order valence-electron chi connectivity index (χ2n) is 14.2. The molecule has 40 heavy (non-hydrogen) atoms. The van der Waals surface area contributed by atoms with Crippen molar-refractivity contribution in [3.8, 4) is 0 Å². The molecule has 0 aliphatic rings. The van der Waals surface area contributed by atoms with Gasteiger partial charge in [-0.3, -0.25) is 9.59 Å². The molecule has 1 N–H and O–H groups in total. The molecule has 0 fully saturated rings. The SMILES string of the molecule is CCCCC(CC)CC(C)(C)OC(=O)CCCCCC(C)(C)OC(=O)NCCOC(=O)C(C)(C(C)C)C(C)(C)C. The van der Waals surface area contributed by atoms with Crippen LogP contribution in [0.25, 0.3) is 0 Å². The first-order valence-corrected chi connectivity index (χ1v) is 15.7. The molecular weight excluding hydrogens is 506 g/mol. The van der Waals surface area contributed by atoms with Gasteiger partial charge in [0.1, 0.15) is 17.8 Å². The average Bonchev–Trinajstić information content (AvgIpc) is 2.81. The number of amides is 1. The highest BCUT2D eigenvalue weighted by atomic mass is 16.6. The van der Waals surface area contributed by atoms with Crippen molar-refractivity contribution >= 4 is 18.0 Å². The fourth-order valence-corrected chi connectivity index (χ4v) is 5.23. The standard InChI is InChI=1S/C33H63NO6/c1-13-15-19-26(14-2)24-32(10,11)39-27(35)20-17-16-18-21-31(8,9)40-29(37)34-22-23-38-28(36)33(12,25(3)4)30(5,6)7/h25-26H,13-24H2,1-12H3,(H,34,37). The molecule has 1 amide bonds. The normalized spacial score (nSPS) is 14.8. The van der Waals surface area contributed by atoms with Gasteiger partial charge in [-0.1, -0.05) is 80.6 Å². The number of nitrogens with one attached hydrogen (secondary N) is 1. The molecule has 0 heterocycles. The van der Waals surface area contributed by atoms with Crippen LogP contribution in [0.4, 0.5) is 4.79 Å². The van der Waals surface area contributed by atoms with E-state index in [0.29, 0.717) is 18.8 Å². The van der Waals surface area contributed by atoms with Crippen LogP contribution in [0.1, 0.15) is 147 Å². The van der Waals surface area contributed by atoms with Gasteiger partial charge in [0.25, 0.3) is 0 Å². The minimum atomic E-state index is -0.640. The lowest BCUT2D eigenvalue weighted by atomic mass is 9.62. The number of alkyl carbamates (subject to hydrolysis) is 1. The van der Waals surface area contributed by atoms with Gasteiger partial charge in [-0.15, -0.1) is 0 Å². The van der Waals surface area contributed by atoms with Gasteiger partial charge in [-0.2, -0.15) is 0 Å². The first-order valence-electron chi connectivity index (χ1n) is 15.7. The first kappa shape index (κ1) is 38.2. The Hall–Kier alpha value is -1.79. The monoisotopic (exact) mass is 569 g/mol. The second-order valence-corrected chi connectivity index (χ2v) is 14.2. The molecule has 0 aliphatic carbocycles. The summed E-state index contributed by atoms with van der Waals surface area (Å²) in [5.41, 5.74) is -1.96. The third-order valence-corrected chi connectivity index (χ3v) is 8.48. The number of ether oxygens (including phenoxy) is 3. The van der Waals surface area contributed by atoms with Crippen LogP contribution in [0, 0.1) is 22.7 Å². The molecular formula is C33H63NO6. The maximum atomic E-state index is 12.8. The quantitative estimate of drug-likeness (QED) is 0.0951. The van der Waals surface area contributed by atoms with Crippen LogP contribution < -0.4 is 5.32 Å². The maximum absolute atomic E-state index is 12.8. The van der Waals surface area contributed by atoms with E-state index in [9.17, 15) is 14.4 Å². The van der Waals surface area contributed by atoms with Gasteiger partial charge in [-0.25, -0.2) is 4.79 Å². The third kappa shape index (κ3) is 14.2. The van der Waals surface area contributed by atoms with Gasteiger partial charge >= 0.3 is 18.0 Å². The van der Waals surface area contributed by atoms with Gasteiger partial charge in [-0.05, 0) is 77.6 Å². The van der Waals surface area contributed by atoms with Gasteiger partial charge in [0.15, 0.2) is 0 Å². The molecule has 0 aliphatic heterocycles. The summed E-state index contributed by atoms with van der Waals surface area (Å²) in [6, 6.07) is 0. The van der Waals surface area contributed by atoms with E-state index in [4.69, 9.17) is 14.2 Å². The Bertz CT molecular complexity index is 767. The summed E-state index contributed by atoms with van der Waals surface area (Å²) in [7, 11) is 0. The van der Waals surface area contributed by atoms with E-state index in [1.54, 1.807) is 0 Å². The van der Waals surface area contributed by atoms with E-state index in [1.807, 2.05) is 69.2 Å². The fraction of sp³-hybridized carbons (Fsp3) is 0.909. The van der Waals surface area contributed by atoms with Crippen LogP contribution in [0.3, 0.4) is 0 Å². The Labute approximate surface area is 246 Å². The molecule has 0 aromatic carbocycles. The minimum Gasteiger partial charge on any atom is -0.463 e. The van der Waals surface area contributed by atoms with Crippen molar-refractivity contribution in [2.45, 2.75) is 158 Å². The molecule has 0 aromatic rings. The lowest BCUT2D eigenvalue weighted by molar-refractivity contribution is -0.166. The number of unbranched alkanes of at least 4 members (excludes halogenated alkanes) is 3. The summed E-state index contributed by atoms with van der Waals surface area (Å²) in [4.78, 5) is 37.5. The van der Waals surface area contributed by atoms with Crippen molar-refractivity contribution in [2.75, 3.05) is 13.2 Å². The van der Waals surface area contributed by atoms with Crippen LogP contribution in [-0.4, -0.2) is 42.4 Å². The highest BCUT2D eigenvalue weighted by Gasteiger charge is 2.48. The zero-order valence-corrected chi connectivity index (χ0v) is 28.1. The molecule has 0 bridgehead atoms. The molecule has 0 spiro atoms. The van der Waals surface area contributed by atoms with E-state index in [2.05, 4.69) is 19.2 Å². The largest absolute Gasteiger partial charge is 0.463 e. The zero-order chi connectivity index (χ0) is 31.2. The molecule has 7 heteroatoms. The third-order valence-electron chi connectivity index (χ3n) is 8.48. The Balaban J connectivity index is 4.33. The predicted octanol–water partition coefficient (Wildman–Crippen LogP) is 8.62. The summed E-state index contributed by atoms with van der Waals surface area (Å²) in [5, 5.41) is 2.68. The molecule has 2 atom stereocenters. The van der Waals surface area contributed by atoms with Gasteiger partial charge in [0.05, 0.1) is 12.0 Å². The van der Waals surface area contributed by atoms with Crippen molar-refractivity contribution < 1.29 is 28.6 Å². The van der Waals surface area contributed by atoms with Crippen LogP contribution in [-0.2, 0) is 23.8 Å². The predicted molar refractivity (Wildman–Crippen MR) is 163 cm³/mol. The Morgan fingerprint density at radius 1 is 0.800 bits per heavy atom. The molecule has 2 unspecified atom stereocenters. The van der Waals surface area contributed by atoms with Gasteiger partial charge in [0, 0.05) is 6.42 Å². The number of hydrogen-bond acceptors (Lipinski definition) is 6. The van der Waals surface area contributed by atoms with Crippen molar-refractivity contribution in [3.05, 3.63) is 0 Å². The van der Waals surface area contributed by atoms with Crippen LogP contribution in [0.5, 0.6) is 0 Å². The number of esters is 2. The number of rotatable bonds is 19. The smallest absolute Gasteiger partial charge is 0.407 e. The molecule has 0 saturated heterocycles. The zero-order valence-electron chi connectivity index (χ0n) is 28.1. The van der Waals surface area contributed by atoms with Gasteiger partial charge < -0.3 is 19.5 Å². The summed E-state index contributed by atoms with van der Waals surface area (Å²) in [5.74, 6) is 0.314. The van der Waals surface area contributed by atoms with E-state index >= 15 is 0 Å². The molecule has 0 rings (SSSR count). The fourth-order valence-electron chi connectivity index (χ4n) is 5.23. The van der Waals surface area contributed by atoms with Crippen molar-refractivity contribution in [2.24, 2.45) is 22.7 Å². The minimum absolute atomic E-state index is 0.0947. The number of carbonyl (C=O) groups is 3. The second kappa shape index (κ2) is 17.2. The summed E-state index contributed by atoms with van der Waals surface area (Å²) >= 11 is 0. The number of carbonyl (C=O) groups excluding carboxylic acids is 3. The lowest BCUT2D eigenvalue weighted by Gasteiger charge is -2.42. The lowest BCUT2D eigenvalue weighted by Crippen LogP contribution is -2.46. The Kier molecular flexibility index (Phi) is 16.5. The van der Waals surface area contributed by atoms with Gasteiger partial charge in [0.2, 0.25) is 0 Å². The summed E-state index contributed by atoms with van der Waals surface area (Å²) < 4.78 is 16.9. The summed E-state index contributed by atoms with van der Waals surface area (Å²) in [6.45, 7) is 24.6. The number of hydrogen-bond donors (Lipinski definition) is 1. The van der Waals surface area contributed by atoms with Crippen LogP contribution in [0.15, 0.2) is 0 Å². The van der Waals surface area contributed by atoms with Crippen molar-refractivity contribution in [1.29, 1.82) is 0 Å². The van der Waals surface area contributed by atoms with E-state index in [-0.39, 0.29) is 36.4 Å². The van der Waals surface area contributed by atoms with Crippen LogP contribution >= 0.6 is 0 Å². The average molecular weight is 570 g/mol. The van der Waals surface area contributed by atoms with Crippen LogP contribution in [0.2, 0.25) is 0 Å². The Morgan fingerprint density at radius 3 is 1.95 bits per heavy atom. The highest BCUT2D eigenvalue weighted by molar-refractivity contribution is 5.77. The topological polar surface area (TPSA) is 90.9 Å². The van der Waals surface area contributed by atoms with E-state index in [1.165, 1.54) is 19.3 Å². The highest BCUT2D eigenvalue weighted by Crippen LogP contribution is 2.45. The van der Waals surface area contributed by atoms with Crippen molar-refractivity contribution in [3.63, 3.8) is 0 Å². The molecule has 236 valence electrons. The van der Waals surface area contributed by atoms with Crippen molar-refractivity contribution in [1.82, 2.24) is 5.32 Å². The Morgan fingerprint density at radius 2 is 1.43 bits per heavy atom. The molecule has 0 radical (unpaired) electrons. The summed E-state index contributed by atoms with van der Waals surface area (Å²) in [6.07, 6.45) is 8.61. The van der Waals surface area contributed by atoms with E-state index in [0.717, 1.165) is 32.1 Å².